The van der Waals surface area contributed by atoms with E-state index in [2.05, 4.69) is 31.6 Å². The molecule has 0 saturated heterocycles. The summed E-state index contributed by atoms with van der Waals surface area (Å²) in [5.41, 5.74) is 1.31. The first-order valence-corrected chi connectivity index (χ1v) is 7.24. The molecule has 1 heterocycles. The van der Waals surface area contributed by atoms with Crippen molar-refractivity contribution in [3.8, 4) is 0 Å². The number of aromatic nitrogens is 3. The van der Waals surface area contributed by atoms with Crippen LogP contribution in [0.2, 0.25) is 5.02 Å². The first-order valence-electron chi connectivity index (χ1n) is 6.07. The average molecular weight is 362 g/mol. The zero-order valence-corrected chi connectivity index (χ0v) is 13.8. The zero-order valence-electron chi connectivity index (χ0n) is 11.4. The molecule has 108 valence electrons. The van der Waals surface area contributed by atoms with Crippen LogP contribution in [0.5, 0.6) is 0 Å². The van der Waals surface area contributed by atoms with Gasteiger partial charge in [0, 0.05) is 4.47 Å². The van der Waals surface area contributed by atoms with Crippen LogP contribution in [-0.2, 0) is 12.1 Å². The second-order valence-corrected chi connectivity index (χ2v) is 6.68. The number of anilines is 1. The molecule has 0 spiro atoms. The monoisotopic (exact) mass is 360 g/mol. The molecule has 0 aliphatic rings. The summed E-state index contributed by atoms with van der Waals surface area (Å²) >= 11 is 9.29. The smallest absolute Gasteiger partial charge is 0.125 e. The molecule has 1 N–H and O–H groups in total. The van der Waals surface area contributed by atoms with Crippen molar-refractivity contribution < 1.29 is 4.39 Å². The van der Waals surface area contributed by atoms with Crippen LogP contribution in [0, 0.1) is 5.82 Å². The van der Waals surface area contributed by atoms with E-state index >= 15 is 0 Å². The van der Waals surface area contributed by atoms with E-state index in [-0.39, 0.29) is 11.4 Å². The SMILES string of the molecule is CC(C)(C)n1cc(CNc2c(Cl)cc(F)cc2Br)nn1. The van der Waals surface area contributed by atoms with Gasteiger partial charge in [0.25, 0.3) is 0 Å². The number of hydrogen-bond acceptors (Lipinski definition) is 3. The maximum absolute atomic E-state index is 13.1. The van der Waals surface area contributed by atoms with Crippen molar-refractivity contribution in [2.45, 2.75) is 32.9 Å². The summed E-state index contributed by atoms with van der Waals surface area (Å²) in [6.45, 7) is 6.60. The van der Waals surface area contributed by atoms with Gasteiger partial charge in [0.1, 0.15) is 11.5 Å². The van der Waals surface area contributed by atoms with Crippen LogP contribution in [-0.4, -0.2) is 15.0 Å². The molecule has 1 aromatic heterocycles. The van der Waals surface area contributed by atoms with Gasteiger partial charge in [0.05, 0.1) is 29.0 Å². The molecule has 0 amide bonds. The fraction of sp³-hybridized carbons (Fsp3) is 0.385. The summed E-state index contributed by atoms with van der Waals surface area (Å²) in [5.74, 6) is -0.383. The summed E-state index contributed by atoms with van der Waals surface area (Å²) < 4.78 is 15.5. The van der Waals surface area contributed by atoms with E-state index in [0.717, 1.165) is 5.69 Å². The third-order valence-corrected chi connectivity index (χ3v) is 3.60. The molecule has 2 rings (SSSR count). The highest BCUT2D eigenvalue weighted by Gasteiger charge is 2.15. The predicted molar refractivity (Wildman–Crippen MR) is 81.5 cm³/mol. The highest BCUT2D eigenvalue weighted by atomic mass is 79.9. The Bertz CT molecular complexity index is 598. The van der Waals surface area contributed by atoms with Gasteiger partial charge >= 0.3 is 0 Å². The van der Waals surface area contributed by atoms with Gasteiger partial charge in [-0.3, -0.25) is 0 Å². The van der Waals surface area contributed by atoms with E-state index in [1.807, 2.05) is 27.0 Å². The van der Waals surface area contributed by atoms with Gasteiger partial charge in [-0.15, -0.1) is 5.10 Å². The van der Waals surface area contributed by atoms with E-state index in [1.54, 1.807) is 4.68 Å². The van der Waals surface area contributed by atoms with Crippen molar-refractivity contribution in [2.75, 3.05) is 5.32 Å². The maximum atomic E-state index is 13.1. The third kappa shape index (κ3) is 3.49. The van der Waals surface area contributed by atoms with Crippen molar-refractivity contribution in [2.24, 2.45) is 0 Å². The van der Waals surface area contributed by atoms with Crippen molar-refractivity contribution in [1.29, 1.82) is 0 Å². The van der Waals surface area contributed by atoms with E-state index in [1.165, 1.54) is 12.1 Å². The molecule has 0 unspecified atom stereocenters. The Labute approximate surface area is 130 Å². The van der Waals surface area contributed by atoms with Crippen molar-refractivity contribution in [3.63, 3.8) is 0 Å². The van der Waals surface area contributed by atoms with Crippen LogP contribution in [0.15, 0.2) is 22.8 Å². The Kier molecular flexibility index (Phi) is 4.34. The first kappa shape index (κ1) is 15.3. The van der Waals surface area contributed by atoms with Gasteiger partial charge in [-0.2, -0.15) is 0 Å². The largest absolute Gasteiger partial charge is 0.377 e. The quantitative estimate of drug-likeness (QED) is 0.891. The molecule has 7 heteroatoms. The van der Waals surface area contributed by atoms with Gasteiger partial charge in [-0.1, -0.05) is 16.8 Å². The Balaban J connectivity index is 2.12. The molecule has 0 radical (unpaired) electrons. The third-order valence-electron chi connectivity index (χ3n) is 2.68. The Morgan fingerprint density at radius 2 is 2.10 bits per heavy atom. The van der Waals surface area contributed by atoms with Crippen molar-refractivity contribution >= 4 is 33.2 Å². The average Bonchev–Trinajstić information content (AvgIpc) is 2.75. The highest BCUT2D eigenvalue weighted by Crippen LogP contribution is 2.31. The van der Waals surface area contributed by atoms with Crippen LogP contribution in [0.4, 0.5) is 10.1 Å². The summed E-state index contributed by atoms with van der Waals surface area (Å²) in [4.78, 5) is 0. The lowest BCUT2D eigenvalue weighted by Gasteiger charge is -2.17. The summed E-state index contributed by atoms with van der Waals surface area (Å²) in [7, 11) is 0. The van der Waals surface area contributed by atoms with Gasteiger partial charge < -0.3 is 5.32 Å². The van der Waals surface area contributed by atoms with Crippen LogP contribution in [0.25, 0.3) is 0 Å². The molecule has 0 bridgehead atoms. The van der Waals surface area contributed by atoms with E-state index < -0.39 is 0 Å². The lowest BCUT2D eigenvalue weighted by atomic mass is 10.1. The van der Waals surface area contributed by atoms with Gasteiger partial charge in [-0.25, -0.2) is 9.07 Å². The minimum atomic E-state index is -0.383. The second-order valence-electron chi connectivity index (χ2n) is 5.42. The summed E-state index contributed by atoms with van der Waals surface area (Å²) in [5, 5.41) is 11.6. The fourth-order valence-electron chi connectivity index (χ4n) is 1.60. The Morgan fingerprint density at radius 1 is 1.40 bits per heavy atom. The topological polar surface area (TPSA) is 42.7 Å². The van der Waals surface area contributed by atoms with Gasteiger partial charge in [-0.05, 0) is 48.8 Å². The number of nitrogens with one attached hydrogen (secondary N) is 1. The number of rotatable bonds is 3. The summed E-state index contributed by atoms with van der Waals surface area (Å²) in [6, 6.07) is 2.63. The minimum absolute atomic E-state index is 0.112. The van der Waals surface area contributed by atoms with Gasteiger partial charge in [0.2, 0.25) is 0 Å². The van der Waals surface area contributed by atoms with Crippen LogP contribution in [0.1, 0.15) is 26.5 Å². The van der Waals surface area contributed by atoms with E-state index in [9.17, 15) is 4.39 Å². The lowest BCUT2D eigenvalue weighted by Crippen LogP contribution is -2.22. The van der Waals surface area contributed by atoms with Crippen LogP contribution < -0.4 is 5.32 Å². The predicted octanol–water partition coefficient (Wildman–Crippen LogP) is 4.20. The summed E-state index contributed by atoms with van der Waals surface area (Å²) in [6.07, 6.45) is 1.87. The molecule has 0 aliphatic heterocycles. The highest BCUT2D eigenvalue weighted by molar-refractivity contribution is 9.10. The molecule has 0 atom stereocenters. The molecule has 4 nitrogen and oxygen atoms in total. The molecular weight excluding hydrogens is 347 g/mol. The van der Waals surface area contributed by atoms with Crippen molar-refractivity contribution in [3.05, 3.63) is 39.3 Å². The molecule has 1 aromatic carbocycles. The number of halogens is 3. The van der Waals surface area contributed by atoms with Crippen molar-refractivity contribution in [1.82, 2.24) is 15.0 Å². The Morgan fingerprint density at radius 3 is 2.65 bits per heavy atom. The molecule has 20 heavy (non-hydrogen) atoms. The van der Waals surface area contributed by atoms with Gasteiger partial charge in [0.15, 0.2) is 0 Å². The molecule has 2 aromatic rings. The number of nitrogens with zero attached hydrogens (tertiary/aromatic N) is 3. The lowest BCUT2D eigenvalue weighted by molar-refractivity contribution is 0.347. The standard InChI is InChI=1S/C13H15BrClFN4/c1-13(2,3)20-7-9(18-19-20)6-17-12-10(14)4-8(16)5-11(12)15/h4-5,7,17H,6H2,1-3H3. The second kappa shape index (κ2) is 5.69. The van der Waals surface area contributed by atoms with Crippen LogP contribution in [0.3, 0.4) is 0 Å². The first-order chi connectivity index (χ1) is 9.27. The van der Waals surface area contributed by atoms with Crippen LogP contribution >= 0.6 is 27.5 Å². The maximum Gasteiger partial charge on any atom is 0.125 e. The minimum Gasteiger partial charge on any atom is -0.377 e. The Hall–Kier alpha value is -1.14. The number of hydrogen-bond donors (Lipinski definition) is 1. The van der Waals surface area contributed by atoms with E-state index in [0.29, 0.717) is 21.7 Å². The molecule has 0 fully saturated rings. The van der Waals surface area contributed by atoms with E-state index in [4.69, 9.17) is 11.6 Å². The normalized spacial score (nSPS) is 11.7. The zero-order chi connectivity index (χ0) is 14.9. The fourth-order valence-corrected chi connectivity index (χ4v) is 2.56. The molecule has 0 saturated carbocycles. The number of benzene rings is 1. The molecule has 0 aliphatic carbocycles. The molecular formula is C13H15BrClFN4.